The monoisotopic (exact) mass is 432 g/mol. The molecule has 2 nitrogen and oxygen atoms in total. The average Bonchev–Trinajstić information content (AvgIpc) is 2.69. The number of rotatable bonds is 3. The molecule has 2 aromatic rings. The number of aliphatic hydroxyl groups is 1. The molecule has 1 aliphatic rings. The zero-order valence-electron chi connectivity index (χ0n) is 12.8. The van der Waals surface area contributed by atoms with E-state index in [4.69, 9.17) is 16.3 Å². The maximum atomic E-state index is 14.3. The van der Waals surface area contributed by atoms with Crippen LogP contribution in [0.4, 0.5) is 30.7 Å². The molecule has 0 bridgehead atoms. The highest BCUT2D eigenvalue weighted by Gasteiger charge is 2.58. The van der Waals surface area contributed by atoms with E-state index in [1.54, 1.807) is 0 Å². The first kappa shape index (κ1) is 20.1. The molecule has 0 heterocycles. The topological polar surface area (TPSA) is 29.5 Å². The second-order valence-electron chi connectivity index (χ2n) is 5.58. The molecule has 0 spiro atoms. The van der Waals surface area contributed by atoms with E-state index in [1.165, 1.54) is 0 Å². The standard InChI is InChI=1S/C16H8ClF7O2S/c17-6-3-7(18)5-8(4-6)26-9-1-2-10(27-16(22,23)24)12-11(9)13(19)15(20,21)14(12)25/h1-5,13-14,25H. The van der Waals surface area contributed by atoms with Crippen LogP contribution in [-0.4, -0.2) is 16.5 Å². The van der Waals surface area contributed by atoms with Gasteiger partial charge in [0.05, 0.1) is 0 Å². The summed E-state index contributed by atoms with van der Waals surface area (Å²) in [5.74, 6) is -6.06. The molecule has 1 aliphatic carbocycles. The SMILES string of the molecule is OC1c2c(SC(F)(F)F)ccc(Oc3cc(F)cc(Cl)c3)c2C(F)C1(F)F. The van der Waals surface area contributed by atoms with Gasteiger partial charge in [-0.05, 0) is 36.0 Å². The number of aliphatic hydroxyl groups excluding tert-OH is 1. The van der Waals surface area contributed by atoms with Crippen LogP contribution in [0.2, 0.25) is 5.02 Å². The fraction of sp³-hybridized carbons (Fsp3) is 0.250. The first-order valence-corrected chi connectivity index (χ1v) is 8.36. The van der Waals surface area contributed by atoms with E-state index in [0.717, 1.165) is 30.3 Å². The summed E-state index contributed by atoms with van der Waals surface area (Å²) in [4.78, 5) is -0.783. The van der Waals surface area contributed by atoms with E-state index in [0.29, 0.717) is 0 Å². The Kier molecular flexibility index (Phi) is 5.02. The minimum absolute atomic E-state index is 0.104. The number of ether oxygens (including phenoxy) is 1. The maximum absolute atomic E-state index is 14.3. The molecule has 2 unspecified atom stereocenters. The summed E-state index contributed by atoms with van der Waals surface area (Å²) in [7, 11) is 0. The molecule has 0 aliphatic heterocycles. The van der Waals surface area contributed by atoms with Crippen molar-refractivity contribution in [2.75, 3.05) is 0 Å². The Labute approximate surface area is 156 Å². The van der Waals surface area contributed by atoms with Crippen LogP contribution in [0.5, 0.6) is 11.5 Å². The first-order valence-electron chi connectivity index (χ1n) is 7.16. The average molecular weight is 433 g/mol. The lowest BCUT2D eigenvalue weighted by Gasteiger charge is -2.16. The van der Waals surface area contributed by atoms with Gasteiger partial charge in [0.25, 0.3) is 0 Å². The van der Waals surface area contributed by atoms with Crippen LogP contribution in [0.1, 0.15) is 23.4 Å². The van der Waals surface area contributed by atoms with Crippen molar-refractivity contribution < 1.29 is 40.6 Å². The summed E-state index contributed by atoms with van der Waals surface area (Å²) in [5.41, 5.74) is -6.70. The van der Waals surface area contributed by atoms with Crippen molar-refractivity contribution in [1.82, 2.24) is 0 Å². The molecular weight excluding hydrogens is 425 g/mol. The highest BCUT2D eigenvalue weighted by molar-refractivity contribution is 8.00. The molecule has 0 radical (unpaired) electrons. The number of halogens is 8. The Morgan fingerprint density at radius 1 is 1.11 bits per heavy atom. The van der Waals surface area contributed by atoms with Crippen LogP contribution >= 0.6 is 23.4 Å². The van der Waals surface area contributed by atoms with E-state index in [9.17, 15) is 35.8 Å². The zero-order chi connectivity index (χ0) is 20.1. The highest BCUT2D eigenvalue weighted by atomic mass is 35.5. The smallest absolute Gasteiger partial charge is 0.446 e. The quantitative estimate of drug-likeness (QED) is 0.439. The van der Waals surface area contributed by atoms with E-state index in [-0.39, 0.29) is 10.8 Å². The van der Waals surface area contributed by atoms with Crippen LogP contribution in [0.25, 0.3) is 0 Å². The van der Waals surface area contributed by atoms with Gasteiger partial charge in [-0.15, -0.1) is 0 Å². The molecule has 0 saturated heterocycles. The summed E-state index contributed by atoms with van der Waals surface area (Å²) in [6.07, 6.45) is -5.91. The molecule has 2 atom stereocenters. The van der Waals surface area contributed by atoms with Crippen molar-refractivity contribution in [3.8, 4) is 11.5 Å². The number of fused-ring (bicyclic) bond motifs is 1. The Hall–Kier alpha value is -1.65. The van der Waals surface area contributed by atoms with Crippen molar-refractivity contribution in [2.45, 2.75) is 28.6 Å². The minimum atomic E-state index is -4.85. The molecular formula is C16H8ClF7O2S. The third-order valence-corrected chi connectivity index (χ3v) is 4.75. The van der Waals surface area contributed by atoms with Gasteiger partial charge in [0.15, 0.2) is 6.17 Å². The molecule has 3 rings (SSSR count). The van der Waals surface area contributed by atoms with Crippen LogP contribution in [-0.2, 0) is 0 Å². The molecule has 27 heavy (non-hydrogen) atoms. The molecule has 0 aromatic heterocycles. The Bertz CT molecular complexity index is 868. The molecule has 0 saturated carbocycles. The fourth-order valence-electron chi connectivity index (χ4n) is 2.68. The molecule has 11 heteroatoms. The third kappa shape index (κ3) is 3.83. The lowest BCUT2D eigenvalue weighted by atomic mass is 10.1. The lowest BCUT2D eigenvalue weighted by molar-refractivity contribution is -0.143. The predicted octanol–water partition coefficient (Wildman–Crippen LogP) is 6.58. The molecule has 146 valence electrons. The second-order valence-corrected chi connectivity index (χ2v) is 7.13. The summed E-state index contributed by atoms with van der Waals surface area (Å²) < 4.78 is 98.8. The normalized spacial score (nSPS) is 21.2. The summed E-state index contributed by atoms with van der Waals surface area (Å²) >= 11 is 4.88. The van der Waals surface area contributed by atoms with Gasteiger partial charge in [0, 0.05) is 27.1 Å². The van der Waals surface area contributed by atoms with Crippen molar-refractivity contribution in [3.63, 3.8) is 0 Å². The van der Waals surface area contributed by atoms with Crippen molar-refractivity contribution >= 4 is 23.4 Å². The molecule has 0 amide bonds. The van der Waals surface area contributed by atoms with Crippen LogP contribution in [0.3, 0.4) is 0 Å². The third-order valence-electron chi connectivity index (χ3n) is 3.73. The van der Waals surface area contributed by atoms with Gasteiger partial charge in [0.2, 0.25) is 0 Å². The Balaban J connectivity index is 2.12. The Morgan fingerprint density at radius 2 is 1.78 bits per heavy atom. The molecule has 1 N–H and O–H groups in total. The van der Waals surface area contributed by atoms with Crippen LogP contribution in [0, 0.1) is 5.82 Å². The van der Waals surface area contributed by atoms with E-state index >= 15 is 0 Å². The second kappa shape index (κ2) is 6.75. The molecule has 2 aromatic carbocycles. The largest absolute Gasteiger partial charge is 0.457 e. The van der Waals surface area contributed by atoms with E-state index in [1.807, 2.05) is 0 Å². The zero-order valence-corrected chi connectivity index (χ0v) is 14.4. The number of benzene rings is 2. The summed E-state index contributed by atoms with van der Waals surface area (Å²) in [6.45, 7) is 0. The van der Waals surface area contributed by atoms with Gasteiger partial charge in [-0.2, -0.15) is 22.0 Å². The van der Waals surface area contributed by atoms with E-state index < -0.39 is 63.1 Å². The number of hydrogen-bond acceptors (Lipinski definition) is 3. The number of thioether (sulfide) groups is 1. The summed E-state index contributed by atoms with van der Waals surface area (Å²) in [6, 6.07) is 4.47. The van der Waals surface area contributed by atoms with Gasteiger partial charge >= 0.3 is 11.4 Å². The van der Waals surface area contributed by atoms with Gasteiger partial charge < -0.3 is 9.84 Å². The fourth-order valence-corrected chi connectivity index (χ4v) is 3.61. The van der Waals surface area contributed by atoms with Gasteiger partial charge in [0.1, 0.15) is 23.4 Å². The number of alkyl halides is 6. The van der Waals surface area contributed by atoms with Crippen LogP contribution < -0.4 is 4.74 Å². The van der Waals surface area contributed by atoms with Crippen molar-refractivity contribution in [2.24, 2.45) is 0 Å². The molecule has 0 fully saturated rings. The van der Waals surface area contributed by atoms with Crippen molar-refractivity contribution in [3.05, 3.63) is 52.3 Å². The van der Waals surface area contributed by atoms with Gasteiger partial charge in [-0.3, -0.25) is 0 Å². The van der Waals surface area contributed by atoms with Gasteiger partial charge in [-0.1, -0.05) is 11.6 Å². The maximum Gasteiger partial charge on any atom is 0.446 e. The first-order chi connectivity index (χ1) is 12.4. The van der Waals surface area contributed by atoms with Gasteiger partial charge in [-0.25, -0.2) is 8.78 Å². The summed E-state index contributed by atoms with van der Waals surface area (Å²) in [5, 5.41) is 9.62. The van der Waals surface area contributed by atoms with E-state index in [2.05, 4.69) is 0 Å². The minimum Gasteiger partial charge on any atom is -0.457 e. The Morgan fingerprint density at radius 3 is 2.37 bits per heavy atom. The lowest BCUT2D eigenvalue weighted by Crippen LogP contribution is -2.24. The highest BCUT2D eigenvalue weighted by Crippen LogP contribution is 2.59. The van der Waals surface area contributed by atoms with Crippen LogP contribution in [0.15, 0.2) is 35.2 Å². The predicted molar refractivity (Wildman–Crippen MR) is 83.6 cm³/mol. The van der Waals surface area contributed by atoms with Crippen molar-refractivity contribution in [1.29, 1.82) is 0 Å². The number of hydrogen-bond donors (Lipinski definition) is 1.